The highest BCUT2D eigenvalue weighted by Crippen LogP contribution is 2.34. The summed E-state index contributed by atoms with van der Waals surface area (Å²) in [6, 6.07) is 5.29. The van der Waals surface area contributed by atoms with Crippen LogP contribution in [0.25, 0.3) is 11.5 Å². The number of rotatable bonds is 6. The van der Waals surface area contributed by atoms with Gasteiger partial charge in [0.25, 0.3) is 5.89 Å². The number of aromatic hydroxyl groups is 1. The number of hydrogen-bond donors (Lipinski definition) is 1. The van der Waals surface area contributed by atoms with Crippen molar-refractivity contribution in [3.8, 4) is 17.2 Å². The second-order valence-corrected chi connectivity index (χ2v) is 5.08. The molecule has 0 atom stereocenters. The minimum absolute atomic E-state index is 0.130. The summed E-state index contributed by atoms with van der Waals surface area (Å²) in [5.41, 5.74) is 1.03. The van der Waals surface area contributed by atoms with Crippen molar-refractivity contribution in [3.05, 3.63) is 29.6 Å². The predicted octanol–water partition coefficient (Wildman–Crippen LogP) is 3.80. The van der Waals surface area contributed by atoms with Crippen LogP contribution in [0, 0.1) is 6.92 Å². The third kappa shape index (κ3) is 2.93. The van der Waals surface area contributed by atoms with E-state index >= 15 is 0 Å². The maximum Gasteiger partial charge on any atom is 0.261 e. The molecule has 0 saturated heterocycles. The number of aryl methyl sites for hydroxylation is 1. The zero-order valence-electron chi connectivity index (χ0n) is 13.0. The average Bonchev–Trinajstić information content (AvgIpc) is 2.97. The summed E-state index contributed by atoms with van der Waals surface area (Å²) in [4.78, 5) is 4.45. The van der Waals surface area contributed by atoms with Gasteiger partial charge < -0.3 is 14.4 Å². The van der Waals surface area contributed by atoms with Crippen molar-refractivity contribution >= 4 is 0 Å². The first-order valence-corrected chi connectivity index (χ1v) is 7.34. The summed E-state index contributed by atoms with van der Waals surface area (Å²) >= 11 is 0. The average molecular weight is 290 g/mol. The zero-order chi connectivity index (χ0) is 15.5. The number of ether oxygens (including phenoxy) is 1. The highest BCUT2D eigenvalue weighted by atomic mass is 16.5. The molecule has 114 valence electrons. The molecule has 0 spiro atoms. The topological polar surface area (TPSA) is 68.4 Å². The van der Waals surface area contributed by atoms with Gasteiger partial charge in [0.15, 0.2) is 0 Å². The monoisotopic (exact) mass is 290 g/mol. The molecule has 0 aliphatic rings. The summed E-state index contributed by atoms with van der Waals surface area (Å²) in [5.74, 6) is 0.980. The maximum atomic E-state index is 9.96. The smallest absolute Gasteiger partial charge is 0.261 e. The van der Waals surface area contributed by atoms with Crippen LogP contribution < -0.4 is 0 Å². The Kier molecular flexibility index (Phi) is 4.63. The van der Waals surface area contributed by atoms with E-state index < -0.39 is 5.60 Å². The van der Waals surface area contributed by atoms with Gasteiger partial charge in [0.05, 0.1) is 5.56 Å². The largest absolute Gasteiger partial charge is 0.507 e. The summed E-state index contributed by atoms with van der Waals surface area (Å²) in [5, 5.41) is 14.0. The van der Waals surface area contributed by atoms with E-state index in [0.717, 1.165) is 18.4 Å². The fraction of sp³-hybridized carbons (Fsp3) is 0.500. The molecule has 1 aromatic heterocycles. The van der Waals surface area contributed by atoms with Crippen LogP contribution in [-0.2, 0) is 10.3 Å². The minimum atomic E-state index is -0.532. The zero-order valence-corrected chi connectivity index (χ0v) is 13.0. The van der Waals surface area contributed by atoms with Crippen LogP contribution in [0.1, 0.15) is 45.0 Å². The maximum absolute atomic E-state index is 9.96. The van der Waals surface area contributed by atoms with Crippen molar-refractivity contribution in [3.63, 3.8) is 0 Å². The van der Waals surface area contributed by atoms with Crippen LogP contribution in [0.15, 0.2) is 22.7 Å². The Hall–Kier alpha value is -1.88. The molecule has 0 radical (unpaired) electrons. The Morgan fingerprint density at radius 3 is 2.57 bits per heavy atom. The van der Waals surface area contributed by atoms with E-state index in [4.69, 9.17) is 9.26 Å². The van der Waals surface area contributed by atoms with Crippen LogP contribution in [0.3, 0.4) is 0 Å². The normalized spacial score (nSPS) is 11.8. The quantitative estimate of drug-likeness (QED) is 0.876. The lowest BCUT2D eigenvalue weighted by Crippen LogP contribution is -2.29. The van der Waals surface area contributed by atoms with Crippen molar-refractivity contribution in [2.75, 3.05) is 6.61 Å². The van der Waals surface area contributed by atoms with Crippen LogP contribution in [-0.4, -0.2) is 21.9 Å². The summed E-state index contributed by atoms with van der Waals surface area (Å²) < 4.78 is 11.2. The predicted molar refractivity (Wildman–Crippen MR) is 80.0 cm³/mol. The van der Waals surface area contributed by atoms with E-state index in [0.29, 0.717) is 23.9 Å². The van der Waals surface area contributed by atoms with E-state index in [-0.39, 0.29) is 5.75 Å². The van der Waals surface area contributed by atoms with Crippen molar-refractivity contribution in [2.45, 2.75) is 46.1 Å². The number of phenols is 1. The molecule has 0 fully saturated rings. The van der Waals surface area contributed by atoms with Gasteiger partial charge in [-0.25, -0.2) is 0 Å². The number of phenolic OH excluding ortho intramolecular Hbond substituents is 1. The molecule has 1 N–H and O–H groups in total. The van der Waals surface area contributed by atoms with Crippen molar-refractivity contribution in [2.24, 2.45) is 0 Å². The molecule has 2 rings (SSSR count). The van der Waals surface area contributed by atoms with Crippen LogP contribution >= 0.6 is 0 Å². The Morgan fingerprint density at radius 1 is 1.24 bits per heavy atom. The van der Waals surface area contributed by atoms with E-state index in [1.165, 1.54) is 0 Å². The lowest BCUT2D eigenvalue weighted by atomic mass is 9.96. The Labute approximate surface area is 125 Å². The first kappa shape index (κ1) is 15.5. The molecule has 1 aromatic carbocycles. The second-order valence-electron chi connectivity index (χ2n) is 5.08. The third-order valence-corrected chi connectivity index (χ3v) is 3.78. The standard InChI is InChI=1S/C16H22N2O3/c1-5-16(6-2,20-7-3)15-17-14(21-18-15)12-10-11(4)8-9-13(12)19/h8-10,19H,5-7H2,1-4H3. The fourth-order valence-electron chi connectivity index (χ4n) is 2.45. The highest BCUT2D eigenvalue weighted by molar-refractivity contribution is 5.63. The Bertz CT molecular complexity index is 603. The molecule has 1 heterocycles. The number of nitrogens with zero attached hydrogens (tertiary/aromatic N) is 2. The first-order valence-electron chi connectivity index (χ1n) is 7.34. The molecular formula is C16H22N2O3. The highest BCUT2D eigenvalue weighted by Gasteiger charge is 2.34. The third-order valence-electron chi connectivity index (χ3n) is 3.78. The van der Waals surface area contributed by atoms with E-state index in [1.807, 2.05) is 39.8 Å². The van der Waals surface area contributed by atoms with Crippen LogP contribution in [0.4, 0.5) is 0 Å². The number of aromatic nitrogens is 2. The van der Waals surface area contributed by atoms with Crippen molar-refractivity contribution in [1.29, 1.82) is 0 Å². The molecule has 0 unspecified atom stereocenters. The Morgan fingerprint density at radius 2 is 1.95 bits per heavy atom. The molecule has 21 heavy (non-hydrogen) atoms. The molecular weight excluding hydrogens is 268 g/mol. The van der Waals surface area contributed by atoms with Crippen LogP contribution in [0.5, 0.6) is 5.75 Å². The van der Waals surface area contributed by atoms with Gasteiger partial charge in [0.2, 0.25) is 5.82 Å². The summed E-state index contributed by atoms with van der Waals surface area (Å²) in [7, 11) is 0. The first-order chi connectivity index (χ1) is 10.1. The molecule has 0 aliphatic heterocycles. The molecule has 5 nitrogen and oxygen atoms in total. The van der Waals surface area contributed by atoms with Gasteiger partial charge in [-0.05, 0) is 38.8 Å². The van der Waals surface area contributed by atoms with E-state index in [9.17, 15) is 5.11 Å². The van der Waals surface area contributed by atoms with Gasteiger partial charge >= 0.3 is 0 Å². The molecule has 0 amide bonds. The molecule has 0 saturated carbocycles. The van der Waals surface area contributed by atoms with Gasteiger partial charge in [-0.2, -0.15) is 4.98 Å². The molecule has 2 aromatic rings. The molecule has 0 bridgehead atoms. The van der Waals surface area contributed by atoms with Gasteiger partial charge in [-0.3, -0.25) is 0 Å². The van der Waals surface area contributed by atoms with Crippen molar-refractivity contribution in [1.82, 2.24) is 10.1 Å². The summed E-state index contributed by atoms with van der Waals surface area (Å²) in [6.45, 7) is 8.57. The van der Waals surface area contributed by atoms with Gasteiger partial charge in [-0.1, -0.05) is 30.6 Å². The number of hydrogen-bond acceptors (Lipinski definition) is 5. The minimum Gasteiger partial charge on any atom is -0.507 e. The lowest BCUT2D eigenvalue weighted by Gasteiger charge is -2.27. The van der Waals surface area contributed by atoms with Gasteiger partial charge in [0, 0.05) is 6.61 Å². The molecule has 5 heteroatoms. The summed E-state index contributed by atoms with van der Waals surface area (Å²) in [6.07, 6.45) is 1.52. The molecule has 0 aliphatic carbocycles. The van der Waals surface area contributed by atoms with Gasteiger partial charge in [0.1, 0.15) is 11.4 Å². The second kappa shape index (κ2) is 6.26. The SMILES string of the molecule is CCOC(CC)(CC)c1noc(-c2cc(C)ccc2O)n1. The van der Waals surface area contributed by atoms with Crippen molar-refractivity contribution < 1.29 is 14.4 Å². The van der Waals surface area contributed by atoms with Gasteiger partial charge in [-0.15, -0.1) is 0 Å². The number of benzene rings is 1. The van der Waals surface area contributed by atoms with E-state index in [1.54, 1.807) is 6.07 Å². The van der Waals surface area contributed by atoms with E-state index in [2.05, 4.69) is 10.1 Å². The fourth-order valence-corrected chi connectivity index (χ4v) is 2.45. The lowest BCUT2D eigenvalue weighted by molar-refractivity contribution is -0.0583. The Balaban J connectivity index is 2.43. The van der Waals surface area contributed by atoms with Crippen LogP contribution in [0.2, 0.25) is 0 Å².